The predicted molar refractivity (Wildman–Crippen MR) is 86.2 cm³/mol. The van der Waals surface area contributed by atoms with E-state index in [1.165, 1.54) is 5.56 Å². The normalized spacial score (nSPS) is 12.6. The zero-order valence-corrected chi connectivity index (χ0v) is 14.4. The quantitative estimate of drug-likeness (QED) is 0.548. The van der Waals surface area contributed by atoms with Gasteiger partial charge in [-0.25, -0.2) is 4.99 Å². The Labute approximate surface area is 143 Å². The largest absolute Gasteiger partial charge is 0.661 e. The number of rotatable bonds is 1. The number of nitrogens with zero attached hydrogens (tertiary/aromatic N) is 3. The molecule has 0 bridgehead atoms. The summed E-state index contributed by atoms with van der Waals surface area (Å²) in [5.74, 6) is 0.873. The third kappa shape index (κ3) is 2.31. The summed E-state index contributed by atoms with van der Waals surface area (Å²) in [5.41, 5.74) is 5.36. The van der Waals surface area contributed by atoms with Crippen molar-refractivity contribution >= 4 is 17.2 Å². The summed E-state index contributed by atoms with van der Waals surface area (Å²) < 4.78 is 0. The molecule has 3 nitrogen and oxygen atoms in total. The van der Waals surface area contributed by atoms with Crippen LogP contribution in [0.2, 0.25) is 0 Å². The van der Waals surface area contributed by atoms with Gasteiger partial charge in [-0.1, -0.05) is 54.2 Å². The van der Waals surface area contributed by atoms with Gasteiger partial charge in [0.1, 0.15) is 5.84 Å². The van der Waals surface area contributed by atoms with Crippen LogP contribution in [0.15, 0.2) is 71.9 Å². The summed E-state index contributed by atoms with van der Waals surface area (Å²) in [7, 11) is 2.04. The van der Waals surface area contributed by atoms with Crippen molar-refractivity contribution in [2.75, 3.05) is 11.9 Å². The van der Waals surface area contributed by atoms with Gasteiger partial charge in [0, 0.05) is 44.0 Å². The molecule has 1 radical (unpaired) electrons. The van der Waals surface area contributed by atoms with Crippen molar-refractivity contribution in [3.05, 3.63) is 72.6 Å². The molecule has 1 aliphatic heterocycles. The zero-order chi connectivity index (χ0) is 14.2. The summed E-state index contributed by atoms with van der Waals surface area (Å²) in [5, 5.41) is 0. The van der Waals surface area contributed by atoms with Crippen LogP contribution >= 0.6 is 0 Å². The minimum Gasteiger partial charge on any atom is -0.661 e. The van der Waals surface area contributed by atoms with Gasteiger partial charge in [-0.3, -0.25) is 0 Å². The van der Waals surface area contributed by atoms with Crippen LogP contribution in [0.3, 0.4) is 0 Å². The molecule has 1 aliphatic rings. The van der Waals surface area contributed by atoms with Gasteiger partial charge in [-0.05, 0) is 12.1 Å². The SMILES string of the molecule is CN1C(c2ccc[n-]2)=Nc2ccccc2-c2ccccc21.[Ir]. The number of anilines is 1. The number of para-hydroxylation sites is 2. The molecule has 0 fully saturated rings. The summed E-state index contributed by atoms with van der Waals surface area (Å²) in [6.45, 7) is 0. The van der Waals surface area contributed by atoms with Crippen molar-refractivity contribution < 1.29 is 20.1 Å². The first kappa shape index (κ1) is 14.8. The summed E-state index contributed by atoms with van der Waals surface area (Å²) in [6, 6.07) is 20.6. The second-order valence-corrected chi connectivity index (χ2v) is 5.05. The van der Waals surface area contributed by atoms with Crippen LogP contribution in [0.4, 0.5) is 11.4 Å². The van der Waals surface area contributed by atoms with Crippen molar-refractivity contribution in [3.8, 4) is 11.1 Å². The number of aromatic nitrogens is 1. The molecule has 3 aromatic rings. The van der Waals surface area contributed by atoms with Crippen LogP contribution in [-0.2, 0) is 20.1 Å². The number of aliphatic imine (C=N–C) groups is 1. The molecule has 111 valence electrons. The van der Waals surface area contributed by atoms with Gasteiger partial charge in [0.2, 0.25) is 0 Å². The molecule has 2 heterocycles. The first-order chi connectivity index (χ1) is 10.3. The van der Waals surface area contributed by atoms with E-state index in [0.29, 0.717) is 0 Å². The molecule has 0 atom stereocenters. The summed E-state index contributed by atoms with van der Waals surface area (Å²) in [4.78, 5) is 11.4. The number of hydrogen-bond donors (Lipinski definition) is 0. The van der Waals surface area contributed by atoms with E-state index in [1.54, 1.807) is 6.20 Å². The third-order valence-corrected chi connectivity index (χ3v) is 3.79. The molecule has 0 aliphatic carbocycles. The third-order valence-electron chi connectivity index (χ3n) is 3.79. The van der Waals surface area contributed by atoms with Gasteiger partial charge in [0.15, 0.2) is 0 Å². The van der Waals surface area contributed by atoms with Crippen LogP contribution in [0, 0.1) is 0 Å². The van der Waals surface area contributed by atoms with Gasteiger partial charge in [0.05, 0.1) is 5.69 Å². The standard InChI is InChI=1S/C18H14N3.Ir/c1-21-17-11-5-3-8-14(17)13-7-2-4-9-15(13)20-18(21)16-10-6-12-19-16;/h2-12H,1H3;/q-1;. The molecule has 0 amide bonds. The fourth-order valence-electron chi connectivity index (χ4n) is 2.76. The van der Waals surface area contributed by atoms with E-state index in [4.69, 9.17) is 4.99 Å². The van der Waals surface area contributed by atoms with Gasteiger partial charge in [-0.2, -0.15) is 6.20 Å². The Bertz CT molecular complexity index is 822. The van der Waals surface area contributed by atoms with Crippen molar-refractivity contribution in [2.24, 2.45) is 4.99 Å². The molecule has 0 saturated carbocycles. The minimum atomic E-state index is 0. The van der Waals surface area contributed by atoms with Gasteiger partial charge in [0.25, 0.3) is 0 Å². The van der Waals surface area contributed by atoms with E-state index in [2.05, 4.69) is 46.3 Å². The fraction of sp³-hybridized carbons (Fsp3) is 0.0556. The summed E-state index contributed by atoms with van der Waals surface area (Å²) in [6.07, 6.45) is 1.80. The van der Waals surface area contributed by atoms with Crippen molar-refractivity contribution in [1.29, 1.82) is 0 Å². The Morgan fingerprint density at radius 2 is 1.59 bits per heavy atom. The van der Waals surface area contributed by atoms with E-state index in [0.717, 1.165) is 28.5 Å². The molecule has 0 unspecified atom stereocenters. The number of hydrogen-bond acceptors (Lipinski definition) is 2. The summed E-state index contributed by atoms with van der Waals surface area (Å²) >= 11 is 0. The van der Waals surface area contributed by atoms with Crippen molar-refractivity contribution in [1.82, 2.24) is 4.98 Å². The Morgan fingerprint density at radius 3 is 2.36 bits per heavy atom. The van der Waals surface area contributed by atoms with E-state index < -0.39 is 0 Å². The fourth-order valence-corrected chi connectivity index (χ4v) is 2.76. The Balaban J connectivity index is 0.00000144. The van der Waals surface area contributed by atoms with Crippen LogP contribution < -0.4 is 9.88 Å². The molecule has 4 rings (SSSR count). The van der Waals surface area contributed by atoms with E-state index in [-0.39, 0.29) is 20.1 Å². The molecule has 4 heteroatoms. The number of benzene rings is 2. The topological polar surface area (TPSA) is 29.7 Å². The zero-order valence-electron chi connectivity index (χ0n) is 12.0. The number of amidine groups is 1. The average Bonchev–Trinajstić information content (AvgIpc) is 3.03. The molecule has 0 spiro atoms. The van der Waals surface area contributed by atoms with Crippen molar-refractivity contribution in [3.63, 3.8) is 0 Å². The van der Waals surface area contributed by atoms with Gasteiger partial charge >= 0.3 is 0 Å². The molecule has 0 saturated heterocycles. The van der Waals surface area contributed by atoms with Crippen LogP contribution in [-0.4, -0.2) is 12.9 Å². The average molecular weight is 465 g/mol. The second kappa shape index (κ2) is 5.91. The molecule has 22 heavy (non-hydrogen) atoms. The monoisotopic (exact) mass is 465 g/mol. The van der Waals surface area contributed by atoms with E-state index in [9.17, 15) is 0 Å². The Kier molecular flexibility index (Phi) is 3.97. The van der Waals surface area contributed by atoms with E-state index in [1.807, 2.05) is 31.3 Å². The van der Waals surface area contributed by atoms with Gasteiger partial charge in [-0.15, -0.1) is 0 Å². The first-order valence-corrected chi connectivity index (χ1v) is 6.93. The van der Waals surface area contributed by atoms with Crippen molar-refractivity contribution in [2.45, 2.75) is 0 Å². The molecule has 0 N–H and O–H groups in total. The smallest absolute Gasteiger partial charge is 0.118 e. The minimum absolute atomic E-state index is 0. The second-order valence-electron chi connectivity index (χ2n) is 5.05. The molecular weight excluding hydrogens is 450 g/mol. The maximum atomic E-state index is 4.86. The van der Waals surface area contributed by atoms with E-state index >= 15 is 0 Å². The molecule has 2 aromatic carbocycles. The van der Waals surface area contributed by atoms with Crippen LogP contribution in [0.25, 0.3) is 11.1 Å². The maximum Gasteiger partial charge on any atom is 0.118 e. The number of fused-ring (bicyclic) bond motifs is 3. The maximum absolute atomic E-state index is 4.86. The van der Waals surface area contributed by atoms with Gasteiger partial charge < -0.3 is 9.88 Å². The molecule has 1 aromatic heterocycles. The van der Waals surface area contributed by atoms with Crippen LogP contribution in [0.1, 0.15) is 5.69 Å². The predicted octanol–water partition coefficient (Wildman–Crippen LogP) is 3.84. The molecular formula is C18H14IrN3-. The first-order valence-electron chi connectivity index (χ1n) is 6.93. The Morgan fingerprint density at radius 1 is 0.864 bits per heavy atom. The van der Waals surface area contributed by atoms with Crippen LogP contribution in [0.5, 0.6) is 0 Å². The Hall–Kier alpha value is -2.16.